The summed E-state index contributed by atoms with van der Waals surface area (Å²) >= 11 is 3.06. The molecule has 116 valence electrons. The maximum atomic E-state index is 13.0. The topological polar surface area (TPSA) is 77.9 Å². The molecule has 1 aliphatic heterocycles. The molecule has 0 spiro atoms. The highest BCUT2D eigenvalue weighted by Gasteiger charge is 2.30. The van der Waals surface area contributed by atoms with Crippen molar-refractivity contribution in [2.75, 3.05) is 32.7 Å². The largest absolute Gasteiger partial charge is 0.480 e. The van der Waals surface area contributed by atoms with Crippen molar-refractivity contribution in [3.8, 4) is 0 Å². The van der Waals surface area contributed by atoms with Crippen LogP contribution in [0.4, 0.5) is 4.39 Å². The van der Waals surface area contributed by atoms with Crippen LogP contribution in [0, 0.1) is 5.82 Å². The summed E-state index contributed by atoms with van der Waals surface area (Å²) in [5, 5.41) is 8.72. The maximum absolute atomic E-state index is 13.0. The Morgan fingerprint density at radius 2 is 1.90 bits per heavy atom. The quantitative estimate of drug-likeness (QED) is 0.842. The number of benzene rings is 1. The highest BCUT2D eigenvalue weighted by Crippen LogP contribution is 2.26. The summed E-state index contributed by atoms with van der Waals surface area (Å²) in [5.41, 5.74) is 0. The van der Waals surface area contributed by atoms with Gasteiger partial charge in [-0.1, -0.05) is 0 Å². The van der Waals surface area contributed by atoms with Crippen LogP contribution < -0.4 is 0 Å². The fourth-order valence-electron chi connectivity index (χ4n) is 2.14. The van der Waals surface area contributed by atoms with E-state index in [-0.39, 0.29) is 29.0 Å². The first-order valence-corrected chi connectivity index (χ1v) is 8.43. The molecule has 0 radical (unpaired) electrons. The van der Waals surface area contributed by atoms with Crippen molar-refractivity contribution >= 4 is 31.9 Å². The molecule has 0 aromatic heterocycles. The molecule has 0 atom stereocenters. The fraction of sp³-hybridized carbons (Fsp3) is 0.417. The third-order valence-electron chi connectivity index (χ3n) is 3.20. The number of halogens is 2. The van der Waals surface area contributed by atoms with E-state index in [2.05, 4.69) is 15.9 Å². The van der Waals surface area contributed by atoms with Gasteiger partial charge in [0, 0.05) is 30.7 Å². The lowest BCUT2D eigenvalue weighted by molar-refractivity contribution is -0.138. The van der Waals surface area contributed by atoms with Crippen LogP contribution in [0.15, 0.2) is 27.6 Å². The second kappa shape index (κ2) is 6.39. The Hall–Kier alpha value is -1.03. The molecule has 0 amide bonds. The third-order valence-corrected chi connectivity index (χ3v) is 6.08. The Bertz CT molecular complexity index is 645. The summed E-state index contributed by atoms with van der Waals surface area (Å²) in [7, 11) is -3.72. The third kappa shape index (κ3) is 3.79. The van der Waals surface area contributed by atoms with Crippen molar-refractivity contribution in [1.29, 1.82) is 0 Å². The molecule has 1 saturated heterocycles. The van der Waals surface area contributed by atoms with Crippen molar-refractivity contribution in [3.05, 3.63) is 28.5 Å². The second-order valence-corrected chi connectivity index (χ2v) is 7.41. The molecular weight excluding hydrogens is 367 g/mol. The van der Waals surface area contributed by atoms with Gasteiger partial charge in [0.2, 0.25) is 10.0 Å². The van der Waals surface area contributed by atoms with E-state index < -0.39 is 21.8 Å². The molecule has 6 nitrogen and oxygen atoms in total. The Labute approximate surface area is 130 Å². The summed E-state index contributed by atoms with van der Waals surface area (Å²) in [5.74, 6) is -1.46. The van der Waals surface area contributed by atoms with Gasteiger partial charge in [-0.25, -0.2) is 12.8 Å². The second-order valence-electron chi connectivity index (χ2n) is 4.65. The van der Waals surface area contributed by atoms with Gasteiger partial charge >= 0.3 is 5.97 Å². The lowest BCUT2D eigenvalue weighted by Crippen LogP contribution is -2.49. The average Bonchev–Trinajstić information content (AvgIpc) is 2.38. The van der Waals surface area contributed by atoms with Gasteiger partial charge in [0.1, 0.15) is 5.82 Å². The molecule has 1 heterocycles. The van der Waals surface area contributed by atoms with E-state index in [1.54, 1.807) is 4.90 Å². The van der Waals surface area contributed by atoms with E-state index in [9.17, 15) is 17.6 Å². The Balaban J connectivity index is 2.13. The highest BCUT2D eigenvalue weighted by molar-refractivity contribution is 9.10. The molecule has 0 bridgehead atoms. The zero-order valence-corrected chi connectivity index (χ0v) is 13.4. The highest BCUT2D eigenvalue weighted by atomic mass is 79.9. The van der Waals surface area contributed by atoms with E-state index in [1.807, 2.05) is 0 Å². The fourth-order valence-corrected chi connectivity index (χ4v) is 4.57. The smallest absolute Gasteiger partial charge is 0.317 e. The number of piperazine rings is 1. The molecule has 1 N–H and O–H groups in total. The first-order valence-electron chi connectivity index (χ1n) is 6.20. The lowest BCUT2D eigenvalue weighted by atomic mass is 10.3. The Kier molecular flexibility index (Phi) is 4.97. The van der Waals surface area contributed by atoms with Gasteiger partial charge in [-0.15, -0.1) is 0 Å². The van der Waals surface area contributed by atoms with Crippen LogP contribution in [-0.2, 0) is 14.8 Å². The van der Waals surface area contributed by atoms with Crippen molar-refractivity contribution in [3.63, 3.8) is 0 Å². The number of aliphatic carboxylic acids is 1. The van der Waals surface area contributed by atoms with Crippen LogP contribution in [0.25, 0.3) is 0 Å². The lowest BCUT2D eigenvalue weighted by Gasteiger charge is -2.33. The first kappa shape index (κ1) is 16.3. The predicted octanol–water partition coefficient (Wildman–Crippen LogP) is 0.979. The number of sulfonamides is 1. The van der Waals surface area contributed by atoms with E-state index in [0.717, 1.165) is 12.1 Å². The van der Waals surface area contributed by atoms with Crippen molar-refractivity contribution < 1.29 is 22.7 Å². The Morgan fingerprint density at radius 3 is 2.43 bits per heavy atom. The SMILES string of the molecule is O=C(O)CN1CCN(S(=O)(=O)c2ccc(F)cc2Br)CC1. The number of nitrogens with zero attached hydrogens (tertiary/aromatic N) is 2. The molecule has 2 rings (SSSR count). The minimum atomic E-state index is -3.72. The number of carboxylic acid groups (broad SMARTS) is 1. The normalized spacial score (nSPS) is 17.8. The molecule has 0 unspecified atom stereocenters. The van der Waals surface area contributed by atoms with Gasteiger partial charge in [0.05, 0.1) is 11.4 Å². The zero-order chi connectivity index (χ0) is 15.6. The molecule has 9 heteroatoms. The van der Waals surface area contributed by atoms with Gasteiger partial charge < -0.3 is 5.11 Å². The zero-order valence-electron chi connectivity index (χ0n) is 11.0. The molecular formula is C12H14BrFN2O4S. The van der Waals surface area contributed by atoms with Crippen molar-refractivity contribution in [1.82, 2.24) is 9.21 Å². The van der Waals surface area contributed by atoms with Gasteiger partial charge in [0.15, 0.2) is 0 Å². The number of carbonyl (C=O) groups is 1. The summed E-state index contributed by atoms with van der Waals surface area (Å²) in [6.45, 7) is 1.02. The molecule has 1 fully saturated rings. The van der Waals surface area contributed by atoms with Crippen LogP contribution in [0.2, 0.25) is 0 Å². The maximum Gasteiger partial charge on any atom is 0.317 e. The minimum absolute atomic E-state index is 0.00980. The Morgan fingerprint density at radius 1 is 1.29 bits per heavy atom. The monoisotopic (exact) mass is 380 g/mol. The molecule has 0 saturated carbocycles. The van der Waals surface area contributed by atoms with E-state index in [4.69, 9.17) is 5.11 Å². The van der Waals surface area contributed by atoms with Gasteiger partial charge in [-0.2, -0.15) is 4.31 Å². The number of carboxylic acids is 1. The molecule has 1 aromatic rings. The van der Waals surface area contributed by atoms with Crippen LogP contribution in [-0.4, -0.2) is 61.4 Å². The summed E-state index contributed by atoms with van der Waals surface area (Å²) in [4.78, 5) is 12.3. The van der Waals surface area contributed by atoms with Crippen LogP contribution in [0.5, 0.6) is 0 Å². The first-order chi connectivity index (χ1) is 9.80. The average molecular weight is 381 g/mol. The van der Waals surface area contributed by atoms with E-state index in [1.165, 1.54) is 10.4 Å². The standard InChI is InChI=1S/C12H14BrFN2O4S/c13-10-7-9(14)1-2-11(10)21(19,20)16-5-3-15(4-6-16)8-12(17)18/h1-2,7H,3-6,8H2,(H,17,18). The molecule has 1 aromatic carbocycles. The minimum Gasteiger partial charge on any atom is -0.480 e. The van der Waals surface area contributed by atoms with Gasteiger partial charge in [-0.05, 0) is 34.1 Å². The summed E-state index contributed by atoms with van der Waals surface area (Å²) < 4.78 is 39.5. The predicted molar refractivity (Wildman–Crippen MR) is 76.9 cm³/mol. The van der Waals surface area contributed by atoms with Gasteiger partial charge in [-0.3, -0.25) is 9.69 Å². The van der Waals surface area contributed by atoms with Crippen molar-refractivity contribution in [2.45, 2.75) is 4.90 Å². The molecule has 1 aliphatic rings. The van der Waals surface area contributed by atoms with E-state index in [0.29, 0.717) is 13.1 Å². The molecule has 21 heavy (non-hydrogen) atoms. The van der Waals surface area contributed by atoms with Crippen LogP contribution >= 0.6 is 15.9 Å². The summed E-state index contributed by atoms with van der Waals surface area (Å²) in [6, 6.07) is 3.42. The summed E-state index contributed by atoms with van der Waals surface area (Å²) in [6.07, 6.45) is 0. The molecule has 0 aliphatic carbocycles. The van der Waals surface area contributed by atoms with Crippen LogP contribution in [0.3, 0.4) is 0 Å². The van der Waals surface area contributed by atoms with E-state index >= 15 is 0 Å². The number of hydrogen-bond acceptors (Lipinski definition) is 4. The van der Waals surface area contributed by atoms with Crippen LogP contribution in [0.1, 0.15) is 0 Å². The number of hydrogen-bond donors (Lipinski definition) is 1. The van der Waals surface area contributed by atoms with Crippen molar-refractivity contribution in [2.24, 2.45) is 0 Å². The number of rotatable bonds is 4. The van der Waals surface area contributed by atoms with Gasteiger partial charge in [0.25, 0.3) is 0 Å².